The molecule has 0 saturated carbocycles. The molecular formula is C14H22N2O3. The summed E-state index contributed by atoms with van der Waals surface area (Å²) in [7, 11) is 3.20. The van der Waals surface area contributed by atoms with Crippen molar-refractivity contribution in [3.63, 3.8) is 0 Å². The van der Waals surface area contributed by atoms with E-state index in [0.717, 1.165) is 5.56 Å². The highest BCUT2D eigenvalue weighted by Gasteiger charge is 2.29. The van der Waals surface area contributed by atoms with Crippen LogP contribution in [0.1, 0.15) is 25.8 Å². The Morgan fingerprint density at radius 1 is 1.53 bits per heavy atom. The number of phenols is 1. The van der Waals surface area contributed by atoms with Crippen LogP contribution in [-0.4, -0.2) is 35.6 Å². The highest BCUT2D eigenvalue weighted by Crippen LogP contribution is 2.26. The quantitative estimate of drug-likeness (QED) is 0.846. The van der Waals surface area contributed by atoms with Gasteiger partial charge in [-0.1, -0.05) is 13.0 Å². The number of hydrogen-bond acceptors (Lipinski definition) is 4. The van der Waals surface area contributed by atoms with Gasteiger partial charge in [-0.2, -0.15) is 0 Å². The number of ether oxygens (including phenoxy) is 1. The van der Waals surface area contributed by atoms with Gasteiger partial charge in [0, 0.05) is 13.6 Å². The van der Waals surface area contributed by atoms with Gasteiger partial charge in [0.25, 0.3) is 0 Å². The standard InChI is InChI=1S/C14H22N2O3/c1-5-14(2,15)13(18)16(3)9-10-6-7-11(17)12(8-10)19-4/h6-8,17H,5,9,15H2,1-4H3. The normalized spacial score (nSPS) is 13.7. The van der Waals surface area contributed by atoms with Crippen molar-refractivity contribution < 1.29 is 14.6 Å². The first-order valence-corrected chi connectivity index (χ1v) is 6.22. The zero-order chi connectivity index (χ0) is 14.6. The minimum Gasteiger partial charge on any atom is -0.504 e. The monoisotopic (exact) mass is 266 g/mol. The van der Waals surface area contributed by atoms with E-state index in [1.807, 2.05) is 6.92 Å². The molecule has 1 amide bonds. The Balaban J connectivity index is 2.82. The number of carbonyl (C=O) groups excluding carboxylic acids is 1. The molecule has 0 aromatic heterocycles. The Labute approximate surface area is 114 Å². The summed E-state index contributed by atoms with van der Waals surface area (Å²) < 4.78 is 5.04. The maximum atomic E-state index is 12.1. The van der Waals surface area contributed by atoms with Crippen molar-refractivity contribution in [2.24, 2.45) is 5.73 Å². The SMILES string of the molecule is CCC(C)(N)C(=O)N(C)Cc1ccc(O)c(OC)c1. The van der Waals surface area contributed by atoms with Crippen LogP contribution < -0.4 is 10.5 Å². The van der Waals surface area contributed by atoms with Crippen LogP contribution in [0.25, 0.3) is 0 Å². The summed E-state index contributed by atoms with van der Waals surface area (Å²) >= 11 is 0. The van der Waals surface area contributed by atoms with Crippen LogP contribution in [0, 0.1) is 0 Å². The number of amides is 1. The first kappa shape index (κ1) is 15.3. The molecule has 0 radical (unpaired) electrons. The molecule has 0 saturated heterocycles. The van der Waals surface area contributed by atoms with Gasteiger partial charge in [-0.05, 0) is 31.0 Å². The lowest BCUT2D eigenvalue weighted by molar-refractivity contribution is -0.135. The minimum absolute atomic E-state index is 0.0810. The lowest BCUT2D eigenvalue weighted by Crippen LogP contribution is -2.51. The Kier molecular flexibility index (Phi) is 4.78. The number of benzene rings is 1. The van der Waals surface area contributed by atoms with Crippen LogP contribution in [0.5, 0.6) is 11.5 Å². The van der Waals surface area contributed by atoms with Gasteiger partial charge in [-0.15, -0.1) is 0 Å². The molecule has 1 rings (SSSR count). The fourth-order valence-electron chi connectivity index (χ4n) is 1.75. The van der Waals surface area contributed by atoms with E-state index in [-0.39, 0.29) is 11.7 Å². The van der Waals surface area contributed by atoms with Gasteiger partial charge >= 0.3 is 0 Å². The number of phenolic OH excluding ortho intramolecular Hbond substituents is 1. The zero-order valence-corrected chi connectivity index (χ0v) is 11.9. The van der Waals surface area contributed by atoms with Gasteiger partial charge in [0.1, 0.15) is 0 Å². The fraction of sp³-hybridized carbons (Fsp3) is 0.500. The van der Waals surface area contributed by atoms with Crippen LogP contribution >= 0.6 is 0 Å². The number of rotatable bonds is 5. The summed E-state index contributed by atoms with van der Waals surface area (Å²) in [6.07, 6.45) is 0.578. The zero-order valence-electron chi connectivity index (χ0n) is 11.9. The third kappa shape index (κ3) is 3.61. The fourth-order valence-corrected chi connectivity index (χ4v) is 1.75. The third-order valence-corrected chi connectivity index (χ3v) is 3.23. The van der Waals surface area contributed by atoms with E-state index < -0.39 is 5.54 Å². The van der Waals surface area contributed by atoms with E-state index in [2.05, 4.69) is 0 Å². The van der Waals surface area contributed by atoms with E-state index in [1.54, 1.807) is 37.1 Å². The van der Waals surface area contributed by atoms with Gasteiger partial charge in [0.2, 0.25) is 5.91 Å². The molecular weight excluding hydrogens is 244 g/mol. The summed E-state index contributed by atoms with van der Waals surface area (Å²) in [5.74, 6) is 0.365. The number of nitrogens with two attached hydrogens (primary N) is 1. The molecule has 0 bridgehead atoms. The van der Waals surface area contributed by atoms with Gasteiger partial charge in [0.15, 0.2) is 11.5 Å². The lowest BCUT2D eigenvalue weighted by atomic mass is 9.98. The molecule has 106 valence electrons. The van der Waals surface area contributed by atoms with Crippen molar-refractivity contribution in [3.8, 4) is 11.5 Å². The average Bonchev–Trinajstić information content (AvgIpc) is 2.39. The molecule has 0 fully saturated rings. The summed E-state index contributed by atoms with van der Waals surface area (Å²) in [6, 6.07) is 5.01. The number of likely N-dealkylation sites (N-methyl/N-ethyl adjacent to an activating group) is 1. The van der Waals surface area contributed by atoms with E-state index in [4.69, 9.17) is 10.5 Å². The summed E-state index contributed by atoms with van der Waals surface area (Å²) in [4.78, 5) is 13.7. The van der Waals surface area contributed by atoms with Gasteiger partial charge in [0.05, 0.1) is 12.6 Å². The molecule has 1 atom stereocenters. The van der Waals surface area contributed by atoms with Crippen LogP contribution in [0.2, 0.25) is 0 Å². The molecule has 0 aliphatic carbocycles. The first-order chi connectivity index (χ1) is 8.81. The van der Waals surface area contributed by atoms with Crippen molar-refractivity contribution in [2.45, 2.75) is 32.4 Å². The Hall–Kier alpha value is -1.75. The largest absolute Gasteiger partial charge is 0.504 e. The maximum absolute atomic E-state index is 12.1. The van der Waals surface area contributed by atoms with Crippen molar-refractivity contribution in [3.05, 3.63) is 23.8 Å². The molecule has 1 aromatic carbocycles. The van der Waals surface area contributed by atoms with Crippen LogP contribution in [0.15, 0.2) is 18.2 Å². The molecule has 5 nitrogen and oxygen atoms in total. The predicted octanol–water partition coefficient (Wildman–Crippen LogP) is 1.49. The maximum Gasteiger partial charge on any atom is 0.242 e. The van der Waals surface area contributed by atoms with E-state index in [0.29, 0.717) is 18.7 Å². The van der Waals surface area contributed by atoms with E-state index in [9.17, 15) is 9.90 Å². The molecule has 3 N–H and O–H groups in total. The second kappa shape index (κ2) is 5.93. The Morgan fingerprint density at radius 3 is 2.68 bits per heavy atom. The van der Waals surface area contributed by atoms with Crippen molar-refractivity contribution in [1.29, 1.82) is 0 Å². The smallest absolute Gasteiger partial charge is 0.242 e. The molecule has 0 spiro atoms. The van der Waals surface area contributed by atoms with Gasteiger partial charge in [-0.25, -0.2) is 0 Å². The molecule has 19 heavy (non-hydrogen) atoms. The number of carbonyl (C=O) groups is 1. The molecule has 0 aliphatic heterocycles. The van der Waals surface area contributed by atoms with E-state index >= 15 is 0 Å². The molecule has 0 aliphatic rings. The highest BCUT2D eigenvalue weighted by molar-refractivity contribution is 5.85. The molecule has 1 unspecified atom stereocenters. The third-order valence-electron chi connectivity index (χ3n) is 3.23. The number of methoxy groups -OCH3 is 1. The Bertz CT molecular complexity index is 458. The Morgan fingerprint density at radius 2 is 2.16 bits per heavy atom. The van der Waals surface area contributed by atoms with Crippen molar-refractivity contribution >= 4 is 5.91 Å². The summed E-state index contributed by atoms with van der Waals surface area (Å²) in [5, 5.41) is 9.52. The highest BCUT2D eigenvalue weighted by atomic mass is 16.5. The topological polar surface area (TPSA) is 75.8 Å². The molecule has 1 aromatic rings. The average molecular weight is 266 g/mol. The van der Waals surface area contributed by atoms with Crippen LogP contribution in [-0.2, 0) is 11.3 Å². The predicted molar refractivity (Wildman–Crippen MR) is 74.0 cm³/mol. The summed E-state index contributed by atoms with van der Waals surface area (Å²) in [5.41, 5.74) is 5.96. The summed E-state index contributed by atoms with van der Waals surface area (Å²) in [6.45, 7) is 4.03. The van der Waals surface area contributed by atoms with Crippen LogP contribution in [0.3, 0.4) is 0 Å². The van der Waals surface area contributed by atoms with Crippen molar-refractivity contribution in [2.75, 3.05) is 14.2 Å². The van der Waals surface area contributed by atoms with Crippen LogP contribution in [0.4, 0.5) is 0 Å². The number of nitrogens with zero attached hydrogens (tertiary/aromatic N) is 1. The van der Waals surface area contributed by atoms with Crippen molar-refractivity contribution in [1.82, 2.24) is 4.90 Å². The first-order valence-electron chi connectivity index (χ1n) is 6.22. The molecule has 0 heterocycles. The number of hydrogen-bond donors (Lipinski definition) is 2. The van der Waals surface area contributed by atoms with Gasteiger partial charge < -0.3 is 20.5 Å². The molecule has 5 heteroatoms. The second-order valence-corrected chi connectivity index (χ2v) is 4.94. The minimum atomic E-state index is -0.851. The lowest BCUT2D eigenvalue weighted by Gasteiger charge is -2.28. The number of aromatic hydroxyl groups is 1. The second-order valence-electron chi connectivity index (χ2n) is 4.94. The van der Waals surface area contributed by atoms with E-state index in [1.165, 1.54) is 7.11 Å². The van der Waals surface area contributed by atoms with Gasteiger partial charge in [-0.3, -0.25) is 4.79 Å².